The zero-order valence-electron chi connectivity index (χ0n) is 19.2. The molecule has 0 bridgehead atoms. The number of para-hydroxylation sites is 1. The lowest BCUT2D eigenvalue weighted by Crippen LogP contribution is -2.30. The number of aromatic amines is 1. The van der Waals surface area contributed by atoms with E-state index < -0.39 is 25.6 Å². The van der Waals surface area contributed by atoms with Crippen molar-refractivity contribution in [2.24, 2.45) is 0 Å². The van der Waals surface area contributed by atoms with Crippen LogP contribution < -0.4 is 9.44 Å². The fourth-order valence-corrected chi connectivity index (χ4v) is 5.42. The molecule has 194 valence electrons. The number of H-pyrrole nitrogens is 1. The van der Waals surface area contributed by atoms with Crippen LogP contribution in [0, 0.1) is 0 Å². The molecule has 0 spiro atoms. The van der Waals surface area contributed by atoms with E-state index >= 15 is 0 Å². The first kappa shape index (κ1) is 25.1. The highest BCUT2D eigenvalue weighted by Gasteiger charge is 2.46. The van der Waals surface area contributed by atoms with Crippen LogP contribution in [0.5, 0.6) is 0 Å². The summed E-state index contributed by atoms with van der Waals surface area (Å²) in [6.45, 7) is 0. The van der Waals surface area contributed by atoms with Crippen LogP contribution in [-0.2, 0) is 20.0 Å². The highest BCUT2D eigenvalue weighted by Crippen LogP contribution is 2.54. The van der Waals surface area contributed by atoms with E-state index in [1.165, 1.54) is 18.2 Å². The largest absolute Gasteiger partial charge is 0.516 e. The maximum absolute atomic E-state index is 12.9. The van der Waals surface area contributed by atoms with E-state index in [0.717, 1.165) is 29.6 Å². The van der Waals surface area contributed by atoms with E-state index in [2.05, 4.69) is 14.7 Å². The predicted molar refractivity (Wildman–Crippen MR) is 135 cm³/mol. The number of imidazole rings is 1. The maximum Gasteiger partial charge on any atom is 0.516 e. The summed E-state index contributed by atoms with van der Waals surface area (Å²) < 4.78 is 88.8. The number of sulfonamides is 2. The molecule has 5 rings (SSSR count). The van der Waals surface area contributed by atoms with Gasteiger partial charge in [0.1, 0.15) is 5.82 Å². The molecule has 1 fully saturated rings. The first-order valence-electron chi connectivity index (χ1n) is 11.1. The van der Waals surface area contributed by atoms with Gasteiger partial charge in [0.15, 0.2) is 0 Å². The van der Waals surface area contributed by atoms with E-state index in [1.807, 2.05) is 12.1 Å². The smallest absolute Gasteiger partial charge is 0.342 e. The third-order valence-electron chi connectivity index (χ3n) is 6.07. The molecule has 1 saturated carbocycles. The number of fused-ring (bicyclic) bond motifs is 1. The minimum Gasteiger partial charge on any atom is -0.342 e. The van der Waals surface area contributed by atoms with Crippen molar-refractivity contribution in [3.8, 4) is 11.1 Å². The Morgan fingerprint density at radius 1 is 0.919 bits per heavy atom. The van der Waals surface area contributed by atoms with Gasteiger partial charge in [-0.1, -0.05) is 36.4 Å². The highest BCUT2D eigenvalue weighted by molar-refractivity contribution is 7.93. The second-order valence-corrected chi connectivity index (χ2v) is 12.3. The summed E-state index contributed by atoms with van der Waals surface area (Å²) in [6.07, 6.45) is 1.94. The van der Waals surface area contributed by atoms with Gasteiger partial charge in [-0.15, -0.1) is 0 Å². The molecule has 0 saturated heterocycles. The minimum absolute atomic E-state index is 0.135. The average molecular weight is 551 g/mol. The summed E-state index contributed by atoms with van der Waals surface area (Å²) in [4.78, 5) is 7.97. The van der Waals surface area contributed by atoms with Crippen molar-refractivity contribution < 1.29 is 30.0 Å². The molecule has 37 heavy (non-hydrogen) atoms. The Morgan fingerprint density at radius 3 is 2.30 bits per heavy atom. The van der Waals surface area contributed by atoms with Gasteiger partial charge >= 0.3 is 15.5 Å². The molecule has 0 aliphatic heterocycles. The minimum atomic E-state index is -5.57. The lowest BCUT2D eigenvalue weighted by molar-refractivity contribution is -0.0429. The summed E-state index contributed by atoms with van der Waals surface area (Å²) >= 11 is 0. The Balaban J connectivity index is 1.38. The van der Waals surface area contributed by atoms with Crippen LogP contribution in [-0.4, -0.2) is 38.6 Å². The molecule has 1 aliphatic rings. The molecular formula is C24H21F3N4O4S2. The van der Waals surface area contributed by atoms with Crippen molar-refractivity contribution in [2.45, 2.75) is 23.8 Å². The summed E-state index contributed by atoms with van der Waals surface area (Å²) in [6, 6.07) is 18.1. The van der Waals surface area contributed by atoms with E-state index in [1.54, 1.807) is 41.1 Å². The Kier molecular flexibility index (Phi) is 5.94. The van der Waals surface area contributed by atoms with Crippen LogP contribution in [0.4, 0.5) is 24.5 Å². The fourth-order valence-electron chi connectivity index (χ4n) is 4.27. The van der Waals surface area contributed by atoms with Gasteiger partial charge in [0.05, 0.1) is 23.0 Å². The Bertz CT molecular complexity index is 1700. The quantitative estimate of drug-likeness (QED) is 0.295. The molecule has 1 aliphatic carbocycles. The number of halogens is 3. The summed E-state index contributed by atoms with van der Waals surface area (Å²) in [5.41, 5.74) is -1.96. The molecule has 1 aromatic heterocycles. The topological polar surface area (TPSA) is 121 Å². The second-order valence-electron chi connectivity index (χ2n) is 8.90. The molecule has 2 atom stereocenters. The molecule has 1 heterocycles. The van der Waals surface area contributed by atoms with E-state index in [0.29, 0.717) is 16.8 Å². The Morgan fingerprint density at radius 2 is 1.62 bits per heavy atom. The number of nitrogens with one attached hydrogen (secondary N) is 3. The fraction of sp³-hybridized carbons (Fsp3) is 0.208. The van der Waals surface area contributed by atoms with E-state index in [9.17, 15) is 30.0 Å². The SMILES string of the molecule is CS(=O)(=O)Nc1ccc(C2CC2c2nc3cc(-c4ccccc4NS(=O)(=O)C(F)(F)F)ccc3[nH]2)cc1. The number of rotatable bonds is 7. The van der Waals surface area contributed by atoms with Gasteiger partial charge in [0.2, 0.25) is 10.0 Å². The first-order chi connectivity index (χ1) is 17.3. The maximum atomic E-state index is 12.9. The number of anilines is 2. The van der Waals surface area contributed by atoms with Gasteiger partial charge in [-0.3, -0.25) is 9.44 Å². The highest BCUT2D eigenvalue weighted by atomic mass is 32.2. The van der Waals surface area contributed by atoms with Crippen molar-refractivity contribution in [2.75, 3.05) is 15.7 Å². The number of hydrogen-bond acceptors (Lipinski definition) is 5. The van der Waals surface area contributed by atoms with Gasteiger partial charge in [-0.2, -0.15) is 21.6 Å². The van der Waals surface area contributed by atoms with Crippen LogP contribution in [0.25, 0.3) is 22.2 Å². The van der Waals surface area contributed by atoms with Crippen LogP contribution in [0.1, 0.15) is 29.6 Å². The van der Waals surface area contributed by atoms with Crippen molar-refractivity contribution in [1.82, 2.24) is 9.97 Å². The van der Waals surface area contributed by atoms with Gasteiger partial charge in [-0.05, 0) is 53.8 Å². The van der Waals surface area contributed by atoms with Gasteiger partial charge < -0.3 is 4.98 Å². The molecule has 4 aromatic rings. The van der Waals surface area contributed by atoms with Gasteiger partial charge in [-0.25, -0.2) is 13.4 Å². The molecule has 0 radical (unpaired) electrons. The van der Waals surface area contributed by atoms with Crippen molar-refractivity contribution in [3.05, 3.63) is 78.1 Å². The van der Waals surface area contributed by atoms with Crippen LogP contribution in [0.3, 0.4) is 0 Å². The zero-order chi connectivity index (χ0) is 26.6. The summed E-state index contributed by atoms with van der Waals surface area (Å²) in [5, 5.41) is 0. The lowest BCUT2D eigenvalue weighted by atomic mass is 10.0. The van der Waals surface area contributed by atoms with Crippen molar-refractivity contribution in [1.29, 1.82) is 0 Å². The second kappa shape index (κ2) is 8.77. The molecule has 2 unspecified atom stereocenters. The van der Waals surface area contributed by atoms with Crippen LogP contribution >= 0.6 is 0 Å². The number of aromatic nitrogens is 2. The van der Waals surface area contributed by atoms with Crippen LogP contribution in [0.15, 0.2) is 66.7 Å². The molecule has 3 N–H and O–H groups in total. The van der Waals surface area contributed by atoms with Gasteiger partial charge in [0.25, 0.3) is 0 Å². The third-order valence-corrected chi connectivity index (χ3v) is 7.78. The molecule has 8 nitrogen and oxygen atoms in total. The predicted octanol–water partition coefficient (Wildman–Crippen LogP) is 5.13. The number of alkyl halides is 3. The number of nitrogens with zero attached hydrogens (tertiary/aromatic N) is 1. The molecule has 13 heteroatoms. The molecule has 0 amide bonds. The first-order valence-corrected chi connectivity index (χ1v) is 14.4. The third kappa shape index (κ3) is 5.27. The zero-order valence-corrected chi connectivity index (χ0v) is 20.9. The normalized spacial score (nSPS) is 18.1. The van der Waals surface area contributed by atoms with Gasteiger partial charge in [0, 0.05) is 17.2 Å². The Labute approximate surface area is 211 Å². The summed E-state index contributed by atoms with van der Waals surface area (Å²) in [7, 11) is -8.93. The standard InChI is InChI=1S/C24H21F3N4O4S2/c1-36(32,33)30-16-9-6-14(7-10-16)18-13-19(18)23-28-21-11-8-15(12-22(21)29-23)17-4-2-3-5-20(17)31-37(34,35)24(25,26)27/h2-12,18-19,30-31H,13H2,1H3,(H,28,29). The van der Waals surface area contributed by atoms with Crippen LogP contribution in [0.2, 0.25) is 0 Å². The summed E-state index contributed by atoms with van der Waals surface area (Å²) in [5.74, 6) is 1.11. The lowest BCUT2D eigenvalue weighted by Gasteiger charge is -2.14. The number of benzene rings is 3. The monoisotopic (exact) mass is 550 g/mol. The average Bonchev–Trinajstić information content (AvgIpc) is 3.49. The number of hydrogen-bond donors (Lipinski definition) is 3. The van der Waals surface area contributed by atoms with E-state index in [-0.39, 0.29) is 23.1 Å². The van der Waals surface area contributed by atoms with Crippen molar-refractivity contribution in [3.63, 3.8) is 0 Å². The van der Waals surface area contributed by atoms with Crippen molar-refractivity contribution >= 4 is 42.5 Å². The molecule has 3 aromatic carbocycles. The Hall–Kier alpha value is -3.58. The van der Waals surface area contributed by atoms with E-state index in [4.69, 9.17) is 0 Å². The molecular weight excluding hydrogens is 529 g/mol.